The predicted octanol–water partition coefficient (Wildman–Crippen LogP) is 3.81. The molecule has 6 nitrogen and oxygen atoms in total. The summed E-state index contributed by atoms with van der Waals surface area (Å²) in [7, 11) is 0. The molecule has 0 radical (unpaired) electrons. The van der Waals surface area contributed by atoms with Gasteiger partial charge in [-0.25, -0.2) is 9.97 Å². The van der Waals surface area contributed by atoms with Crippen LogP contribution in [0, 0.1) is 13.8 Å². The lowest BCUT2D eigenvalue weighted by atomic mass is 9.99. The highest BCUT2D eigenvalue weighted by molar-refractivity contribution is 7.59. The van der Waals surface area contributed by atoms with Crippen molar-refractivity contribution in [2.24, 2.45) is 0 Å². The van der Waals surface area contributed by atoms with Crippen molar-refractivity contribution in [2.75, 3.05) is 18.5 Å². The molecule has 3 aromatic rings. The van der Waals surface area contributed by atoms with Gasteiger partial charge in [0.1, 0.15) is 17.9 Å². The summed E-state index contributed by atoms with van der Waals surface area (Å²) in [5.74, 6) is 2.04. The van der Waals surface area contributed by atoms with Crippen molar-refractivity contribution in [1.82, 2.24) is 19.9 Å². The van der Waals surface area contributed by atoms with E-state index in [0.29, 0.717) is 0 Å². The zero-order chi connectivity index (χ0) is 18.8. The minimum atomic E-state index is 0. The minimum Gasteiger partial charge on any atom is -0.491 e. The highest BCUT2D eigenvalue weighted by atomic mass is 32.1. The fourth-order valence-electron chi connectivity index (χ4n) is 3.30. The highest BCUT2D eigenvalue weighted by Crippen LogP contribution is 2.34. The van der Waals surface area contributed by atoms with Crippen LogP contribution >= 0.6 is 13.5 Å². The van der Waals surface area contributed by atoms with Crippen LogP contribution in [0.25, 0.3) is 11.3 Å². The van der Waals surface area contributed by atoms with E-state index in [1.54, 1.807) is 6.33 Å². The van der Waals surface area contributed by atoms with Gasteiger partial charge in [-0.3, -0.25) is 9.97 Å². The van der Waals surface area contributed by atoms with E-state index in [2.05, 4.69) is 38.2 Å². The van der Waals surface area contributed by atoms with Gasteiger partial charge in [-0.05, 0) is 32.0 Å². The molecule has 0 aromatic carbocycles. The lowest BCUT2D eigenvalue weighted by Crippen LogP contribution is -2.12. The van der Waals surface area contributed by atoms with Crippen LogP contribution in [0.5, 0.6) is 5.75 Å². The first-order valence-electron chi connectivity index (χ1n) is 9.22. The molecule has 1 aliphatic heterocycles. The number of hydrogen-bond donors (Lipinski definition) is 1. The van der Waals surface area contributed by atoms with E-state index in [4.69, 9.17) is 4.74 Å². The fraction of sp³-hybridized carbons (Fsp3) is 0.333. The first kappa shape index (κ1) is 20.1. The molecule has 0 bridgehead atoms. The maximum Gasteiger partial charge on any atom is 0.144 e. The Labute approximate surface area is 172 Å². The van der Waals surface area contributed by atoms with Crippen LogP contribution in [-0.4, -0.2) is 33.1 Å². The van der Waals surface area contributed by atoms with Gasteiger partial charge in [0.05, 0.1) is 18.0 Å². The Morgan fingerprint density at radius 3 is 2.75 bits per heavy atom. The van der Waals surface area contributed by atoms with E-state index in [-0.39, 0.29) is 19.4 Å². The van der Waals surface area contributed by atoms with Crippen molar-refractivity contribution in [3.63, 3.8) is 0 Å². The normalized spacial score (nSPS) is 13.2. The topological polar surface area (TPSA) is 72.8 Å². The highest BCUT2D eigenvalue weighted by Gasteiger charge is 2.22. The lowest BCUT2D eigenvalue weighted by Gasteiger charge is -2.17. The third-order valence-corrected chi connectivity index (χ3v) is 4.78. The maximum absolute atomic E-state index is 5.82. The predicted molar refractivity (Wildman–Crippen MR) is 115 cm³/mol. The van der Waals surface area contributed by atoms with Crippen LogP contribution in [0.3, 0.4) is 0 Å². The number of aromatic nitrogens is 4. The number of pyridine rings is 2. The molecule has 0 aliphatic carbocycles. The van der Waals surface area contributed by atoms with Crippen LogP contribution < -0.4 is 10.1 Å². The van der Waals surface area contributed by atoms with Gasteiger partial charge >= 0.3 is 0 Å². The zero-order valence-electron chi connectivity index (χ0n) is 16.4. The van der Waals surface area contributed by atoms with Crippen molar-refractivity contribution >= 4 is 19.3 Å². The molecule has 3 aromatic heterocycles. The Balaban J connectivity index is 0.00000225. The molecule has 1 aliphatic rings. The van der Waals surface area contributed by atoms with Crippen LogP contribution in [0.1, 0.15) is 35.5 Å². The second-order valence-electron chi connectivity index (χ2n) is 6.99. The molecule has 28 heavy (non-hydrogen) atoms. The third kappa shape index (κ3) is 4.25. The van der Waals surface area contributed by atoms with Gasteiger partial charge in [0.15, 0.2) is 0 Å². The third-order valence-electron chi connectivity index (χ3n) is 4.78. The summed E-state index contributed by atoms with van der Waals surface area (Å²) >= 11 is 0. The largest absolute Gasteiger partial charge is 0.491 e. The summed E-state index contributed by atoms with van der Waals surface area (Å²) in [4.78, 5) is 17.7. The van der Waals surface area contributed by atoms with Gasteiger partial charge < -0.3 is 10.1 Å². The number of ether oxygens (including phenoxy) is 1. The Hall–Kier alpha value is -2.67. The van der Waals surface area contributed by atoms with Crippen molar-refractivity contribution < 1.29 is 4.74 Å². The molecule has 0 saturated heterocycles. The number of fused-ring (bicyclic) bond motifs is 1. The van der Waals surface area contributed by atoms with E-state index >= 15 is 0 Å². The smallest absolute Gasteiger partial charge is 0.144 e. The van der Waals surface area contributed by atoms with Gasteiger partial charge in [-0.2, -0.15) is 13.5 Å². The molecule has 0 fully saturated rings. The number of anilines is 1. The van der Waals surface area contributed by atoms with Crippen molar-refractivity contribution in [3.05, 3.63) is 59.4 Å². The Morgan fingerprint density at radius 2 is 1.96 bits per heavy atom. The standard InChI is InChI=1S/C21H23N5O.H2S/c1-13(17-8-15(3)26-18-6-7-27-21(17)18)10-23-20-9-19(24-12-25-20)16-5-4-14(2)22-11-16;/h4-5,8-9,11-13H,6-7,10H2,1-3H3,(H,23,24,25);1H2/t13-;/m1./s1. The molecule has 1 N–H and O–H groups in total. The van der Waals surface area contributed by atoms with Crippen molar-refractivity contribution in [1.29, 1.82) is 0 Å². The summed E-state index contributed by atoms with van der Waals surface area (Å²) < 4.78 is 5.82. The quantitative estimate of drug-likeness (QED) is 0.708. The second kappa shape index (κ2) is 8.56. The molecular weight excluding hydrogens is 370 g/mol. The molecular formula is C21H25N5OS. The summed E-state index contributed by atoms with van der Waals surface area (Å²) in [6.45, 7) is 7.67. The average molecular weight is 396 g/mol. The molecule has 4 rings (SSSR count). The zero-order valence-corrected chi connectivity index (χ0v) is 17.4. The van der Waals surface area contributed by atoms with Crippen molar-refractivity contribution in [2.45, 2.75) is 33.1 Å². The second-order valence-corrected chi connectivity index (χ2v) is 6.99. The Morgan fingerprint density at radius 1 is 1.11 bits per heavy atom. The number of hydrogen-bond acceptors (Lipinski definition) is 6. The molecule has 0 saturated carbocycles. The van der Waals surface area contributed by atoms with Crippen molar-refractivity contribution in [3.8, 4) is 17.0 Å². The molecule has 1 atom stereocenters. The van der Waals surface area contributed by atoms with Crippen LogP contribution in [0.2, 0.25) is 0 Å². The summed E-state index contributed by atoms with van der Waals surface area (Å²) in [5.41, 5.74) is 6.15. The first-order valence-corrected chi connectivity index (χ1v) is 9.22. The van der Waals surface area contributed by atoms with Gasteiger partial charge in [0.25, 0.3) is 0 Å². The minimum absolute atomic E-state index is 0. The first-order chi connectivity index (χ1) is 13.1. The van der Waals surface area contributed by atoms with Gasteiger partial charge in [0.2, 0.25) is 0 Å². The van der Waals surface area contributed by atoms with Crippen LogP contribution in [0.15, 0.2) is 36.8 Å². The number of rotatable bonds is 5. The fourth-order valence-corrected chi connectivity index (χ4v) is 3.30. The van der Waals surface area contributed by atoms with E-state index in [1.807, 2.05) is 38.2 Å². The van der Waals surface area contributed by atoms with E-state index in [0.717, 1.165) is 59.5 Å². The molecule has 7 heteroatoms. The monoisotopic (exact) mass is 395 g/mol. The van der Waals surface area contributed by atoms with Gasteiger partial charge in [-0.1, -0.05) is 6.92 Å². The molecule has 0 spiro atoms. The van der Waals surface area contributed by atoms with Crippen LogP contribution in [-0.2, 0) is 6.42 Å². The number of nitrogens with one attached hydrogen (secondary N) is 1. The molecule has 0 amide bonds. The summed E-state index contributed by atoms with van der Waals surface area (Å²) in [5, 5.41) is 3.43. The van der Waals surface area contributed by atoms with E-state index in [9.17, 15) is 0 Å². The van der Waals surface area contributed by atoms with E-state index in [1.165, 1.54) is 5.56 Å². The Kier molecular flexibility index (Phi) is 6.14. The van der Waals surface area contributed by atoms with Gasteiger partial charge in [0, 0.05) is 53.7 Å². The Bertz CT molecular complexity index is 962. The average Bonchev–Trinajstić information content (AvgIpc) is 3.14. The summed E-state index contributed by atoms with van der Waals surface area (Å²) in [6.07, 6.45) is 4.31. The maximum atomic E-state index is 5.82. The molecule has 4 heterocycles. The molecule has 146 valence electrons. The van der Waals surface area contributed by atoms with Crippen LogP contribution in [0.4, 0.5) is 5.82 Å². The number of aryl methyl sites for hydroxylation is 2. The van der Waals surface area contributed by atoms with E-state index < -0.39 is 0 Å². The SMILES string of the molecule is Cc1ccc(-c2cc(NC[C@@H](C)c3cc(C)nc4c3OCC4)ncn2)cn1.S. The van der Waals surface area contributed by atoms with Gasteiger partial charge in [-0.15, -0.1) is 0 Å². The summed E-state index contributed by atoms with van der Waals surface area (Å²) in [6, 6.07) is 8.09. The molecule has 0 unspecified atom stereocenters. The lowest BCUT2D eigenvalue weighted by molar-refractivity contribution is 0.352. The number of nitrogens with zero attached hydrogens (tertiary/aromatic N) is 4.